The molecule has 0 unspecified atom stereocenters. The van der Waals surface area contributed by atoms with Gasteiger partial charge >= 0.3 is 0 Å². The number of carbonyl (C=O) groups is 1. The van der Waals surface area contributed by atoms with Gasteiger partial charge in [0.1, 0.15) is 0 Å². The Morgan fingerprint density at radius 3 is 2.61 bits per heavy atom. The zero-order valence-electron chi connectivity index (χ0n) is 13.7. The Morgan fingerprint density at radius 2 is 1.83 bits per heavy atom. The van der Waals surface area contributed by atoms with E-state index in [1.165, 1.54) is 16.7 Å². The third kappa shape index (κ3) is 4.42. The monoisotopic (exact) mass is 308 g/mol. The second-order valence-electron chi connectivity index (χ2n) is 6.31. The Labute approximate surface area is 138 Å². The van der Waals surface area contributed by atoms with Crippen molar-refractivity contribution in [2.75, 3.05) is 13.1 Å². The minimum absolute atomic E-state index is 0.129. The lowest BCUT2D eigenvalue weighted by Gasteiger charge is -2.28. The van der Waals surface area contributed by atoms with Crippen LogP contribution in [0.1, 0.15) is 28.7 Å². The van der Waals surface area contributed by atoms with Crippen LogP contribution in [-0.4, -0.2) is 23.9 Å². The van der Waals surface area contributed by atoms with E-state index in [0.717, 1.165) is 31.6 Å². The Balaban J connectivity index is 1.42. The Morgan fingerprint density at radius 1 is 1.09 bits per heavy atom. The van der Waals surface area contributed by atoms with E-state index < -0.39 is 0 Å². The van der Waals surface area contributed by atoms with E-state index in [9.17, 15) is 4.79 Å². The fourth-order valence-electron chi connectivity index (χ4n) is 3.00. The van der Waals surface area contributed by atoms with Gasteiger partial charge in [-0.1, -0.05) is 54.1 Å². The van der Waals surface area contributed by atoms with E-state index in [0.29, 0.717) is 13.0 Å². The first-order chi connectivity index (χ1) is 11.2. The van der Waals surface area contributed by atoms with Crippen LogP contribution in [0.2, 0.25) is 0 Å². The molecule has 1 heterocycles. The number of fused-ring (bicyclic) bond motifs is 1. The van der Waals surface area contributed by atoms with Gasteiger partial charge in [0.15, 0.2) is 0 Å². The largest absolute Gasteiger partial charge is 0.352 e. The summed E-state index contributed by atoms with van der Waals surface area (Å²) in [6.07, 6.45) is 1.65. The average Bonchev–Trinajstić information content (AvgIpc) is 2.59. The molecule has 1 aliphatic rings. The van der Waals surface area contributed by atoms with Crippen molar-refractivity contribution in [3.8, 4) is 0 Å². The van der Waals surface area contributed by atoms with Crippen molar-refractivity contribution in [1.82, 2.24) is 10.2 Å². The molecule has 120 valence electrons. The second kappa shape index (κ2) is 7.42. The molecule has 0 bridgehead atoms. The number of hydrogen-bond acceptors (Lipinski definition) is 2. The van der Waals surface area contributed by atoms with Crippen LogP contribution in [0.4, 0.5) is 0 Å². The van der Waals surface area contributed by atoms with Crippen molar-refractivity contribution in [3.63, 3.8) is 0 Å². The maximum Gasteiger partial charge on any atom is 0.221 e. The second-order valence-corrected chi connectivity index (χ2v) is 6.31. The van der Waals surface area contributed by atoms with Gasteiger partial charge in [-0.05, 0) is 30.0 Å². The molecule has 2 aromatic carbocycles. The van der Waals surface area contributed by atoms with E-state index >= 15 is 0 Å². The molecule has 0 aromatic heterocycles. The van der Waals surface area contributed by atoms with E-state index in [-0.39, 0.29) is 5.91 Å². The molecule has 1 N–H and O–H groups in total. The lowest BCUT2D eigenvalue weighted by Crippen LogP contribution is -2.34. The van der Waals surface area contributed by atoms with Crippen molar-refractivity contribution in [2.45, 2.75) is 32.9 Å². The van der Waals surface area contributed by atoms with Crippen LogP contribution >= 0.6 is 0 Å². The number of nitrogens with zero attached hydrogens (tertiary/aromatic N) is 1. The molecule has 1 amide bonds. The van der Waals surface area contributed by atoms with Crippen LogP contribution in [0.5, 0.6) is 0 Å². The predicted octanol–water partition coefficient (Wildman–Crippen LogP) is 3.06. The molecule has 1 aliphatic heterocycles. The summed E-state index contributed by atoms with van der Waals surface area (Å²) in [5, 5.41) is 3.01. The summed E-state index contributed by atoms with van der Waals surface area (Å²) in [6, 6.07) is 16.9. The maximum atomic E-state index is 12.0. The normalized spacial score (nSPS) is 14.3. The number of benzene rings is 2. The van der Waals surface area contributed by atoms with Crippen molar-refractivity contribution in [1.29, 1.82) is 0 Å². The Hall–Kier alpha value is -2.13. The van der Waals surface area contributed by atoms with E-state index in [2.05, 4.69) is 65.7 Å². The van der Waals surface area contributed by atoms with E-state index in [1.54, 1.807) is 0 Å². The van der Waals surface area contributed by atoms with Gasteiger partial charge in [0, 0.05) is 32.6 Å². The average molecular weight is 308 g/mol. The number of carbonyl (C=O) groups excluding carboxylic acids is 1. The standard InChI is InChI=1S/C20H24N2O/c1-16-6-8-17(9-7-16)14-21-20(23)11-13-22-12-10-18-4-2-3-5-19(18)15-22/h2-9H,10-15H2,1H3,(H,21,23). The van der Waals surface area contributed by atoms with Gasteiger partial charge in [0.25, 0.3) is 0 Å². The van der Waals surface area contributed by atoms with Gasteiger partial charge in [-0.15, -0.1) is 0 Å². The van der Waals surface area contributed by atoms with E-state index in [4.69, 9.17) is 0 Å². The highest BCUT2D eigenvalue weighted by Gasteiger charge is 2.16. The summed E-state index contributed by atoms with van der Waals surface area (Å²) < 4.78 is 0. The fraction of sp³-hybridized carbons (Fsp3) is 0.350. The highest BCUT2D eigenvalue weighted by molar-refractivity contribution is 5.76. The predicted molar refractivity (Wildman–Crippen MR) is 93.1 cm³/mol. The van der Waals surface area contributed by atoms with Crippen LogP contribution in [0.15, 0.2) is 48.5 Å². The summed E-state index contributed by atoms with van der Waals surface area (Å²) >= 11 is 0. The Kier molecular flexibility index (Phi) is 5.09. The summed E-state index contributed by atoms with van der Waals surface area (Å²) in [5.41, 5.74) is 5.24. The van der Waals surface area contributed by atoms with Crippen LogP contribution in [0.25, 0.3) is 0 Å². The number of aryl methyl sites for hydroxylation is 1. The quantitative estimate of drug-likeness (QED) is 0.921. The first-order valence-electron chi connectivity index (χ1n) is 8.32. The highest BCUT2D eigenvalue weighted by Crippen LogP contribution is 2.18. The zero-order chi connectivity index (χ0) is 16.1. The van der Waals surface area contributed by atoms with Crippen LogP contribution < -0.4 is 5.32 Å². The molecule has 0 saturated carbocycles. The van der Waals surface area contributed by atoms with Crippen LogP contribution in [-0.2, 0) is 24.3 Å². The molecule has 3 nitrogen and oxygen atoms in total. The molecule has 0 spiro atoms. The number of amides is 1. The smallest absolute Gasteiger partial charge is 0.221 e. The molecule has 0 radical (unpaired) electrons. The summed E-state index contributed by atoms with van der Waals surface area (Å²) in [5.74, 6) is 0.129. The van der Waals surface area contributed by atoms with Crippen molar-refractivity contribution >= 4 is 5.91 Å². The SMILES string of the molecule is Cc1ccc(CNC(=O)CCN2CCc3ccccc3C2)cc1. The van der Waals surface area contributed by atoms with Gasteiger partial charge in [-0.25, -0.2) is 0 Å². The topological polar surface area (TPSA) is 32.3 Å². The lowest BCUT2D eigenvalue weighted by atomic mass is 10.00. The minimum atomic E-state index is 0.129. The fourth-order valence-corrected chi connectivity index (χ4v) is 3.00. The summed E-state index contributed by atoms with van der Waals surface area (Å²) in [4.78, 5) is 14.4. The van der Waals surface area contributed by atoms with Crippen LogP contribution in [0, 0.1) is 6.92 Å². The van der Waals surface area contributed by atoms with Crippen molar-refractivity contribution in [2.24, 2.45) is 0 Å². The van der Waals surface area contributed by atoms with Crippen LogP contribution in [0.3, 0.4) is 0 Å². The van der Waals surface area contributed by atoms with E-state index in [1.807, 2.05) is 0 Å². The molecular formula is C20H24N2O. The molecule has 0 aliphatic carbocycles. The molecular weight excluding hydrogens is 284 g/mol. The highest BCUT2D eigenvalue weighted by atomic mass is 16.1. The Bertz CT molecular complexity index is 664. The molecule has 3 rings (SSSR count). The molecule has 0 saturated heterocycles. The third-order valence-electron chi connectivity index (χ3n) is 4.48. The van der Waals surface area contributed by atoms with Gasteiger partial charge in [0.05, 0.1) is 0 Å². The number of nitrogens with one attached hydrogen (secondary N) is 1. The third-order valence-corrected chi connectivity index (χ3v) is 4.48. The van der Waals surface area contributed by atoms with Gasteiger partial charge in [-0.2, -0.15) is 0 Å². The molecule has 3 heteroatoms. The first kappa shape index (κ1) is 15.8. The molecule has 0 atom stereocenters. The maximum absolute atomic E-state index is 12.0. The molecule has 23 heavy (non-hydrogen) atoms. The molecule has 0 fully saturated rings. The number of rotatable bonds is 5. The summed E-state index contributed by atoms with van der Waals surface area (Å²) in [7, 11) is 0. The zero-order valence-corrected chi connectivity index (χ0v) is 13.7. The molecule has 2 aromatic rings. The minimum Gasteiger partial charge on any atom is -0.352 e. The summed E-state index contributed by atoms with van der Waals surface area (Å²) in [6.45, 7) is 5.51. The van der Waals surface area contributed by atoms with Crippen molar-refractivity contribution < 1.29 is 4.79 Å². The van der Waals surface area contributed by atoms with Gasteiger partial charge < -0.3 is 5.32 Å². The first-order valence-corrected chi connectivity index (χ1v) is 8.32. The van der Waals surface area contributed by atoms with Gasteiger partial charge in [0.2, 0.25) is 5.91 Å². The van der Waals surface area contributed by atoms with Crippen molar-refractivity contribution in [3.05, 3.63) is 70.8 Å². The number of hydrogen-bond donors (Lipinski definition) is 1. The lowest BCUT2D eigenvalue weighted by molar-refractivity contribution is -0.121. The van der Waals surface area contributed by atoms with Gasteiger partial charge in [-0.3, -0.25) is 9.69 Å².